The van der Waals surface area contributed by atoms with Crippen LogP contribution in [0.2, 0.25) is 0 Å². The van der Waals surface area contributed by atoms with Crippen LogP contribution in [0.5, 0.6) is 0 Å². The van der Waals surface area contributed by atoms with E-state index >= 15 is 0 Å². The molecule has 2 heteroatoms. The maximum Gasteiger partial charge on any atom is 0.112 e. The smallest absolute Gasteiger partial charge is 0.112 e. The van der Waals surface area contributed by atoms with Crippen LogP contribution in [0.3, 0.4) is 0 Å². The van der Waals surface area contributed by atoms with E-state index in [1.165, 1.54) is 32.6 Å². The van der Waals surface area contributed by atoms with Gasteiger partial charge in [0, 0.05) is 0 Å². The summed E-state index contributed by atoms with van der Waals surface area (Å²) in [5, 5.41) is 4.17. The van der Waals surface area contributed by atoms with Gasteiger partial charge >= 0.3 is 0 Å². The van der Waals surface area contributed by atoms with Gasteiger partial charge in [-0.05, 0) is 70.0 Å². The third kappa shape index (κ3) is 4.30. The van der Waals surface area contributed by atoms with E-state index in [1.807, 2.05) is 0 Å². The number of hydrogen-bond acceptors (Lipinski definition) is 0. The van der Waals surface area contributed by atoms with Gasteiger partial charge in [-0.1, -0.05) is 53.1 Å². The Morgan fingerprint density at radius 2 is 0.889 bits per heavy atom. The number of alkyl halides is 1. The molecular formula is C25H29FP+. The summed E-state index contributed by atoms with van der Waals surface area (Å²) < 4.78 is 12.9. The van der Waals surface area contributed by atoms with Gasteiger partial charge < -0.3 is 0 Å². The zero-order valence-electron chi connectivity index (χ0n) is 16.6. The van der Waals surface area contributed by atoms with Crippen LogP contribution in [-0.4, -0.2) is 12.8 Å². The van der Waals surface area contributed by atoms with Gasteiger partial charge in [0.25, 0.3) is 0 Å². The minimum atomic E-state index is -1.81. The van der Waals surface area contributed by atoms with Crippen LogP contribution in [0.15, 0.2) is 72.8 Å². The molecule has 0 aromatic heterocycles. The Morgan fingerprint density at radius 3 is 1.19 bits per heavy atom. The molecule has 0 atom stereocenters. The molecule has 27 heavy (non-hydrogen) atoms. The zero-order valence-corrected chi connectivity index (χ0v) is 17.5. The molecule has 0 heterocycles. The second-order valence-electron chi connectivity index (χ2n) is 7.44. The second-order valence-corrected chi connectivity index (χ2v) is 11.1. The van der Waals surface area contributed by atoms with E-state index in [9.17, 15) is 4.39 Å². The van der Waals surface area contributed by atoms with Crippen molar-refractivity contribution in [2.45, 2.75) is 33.6 Å². The van der Waals surface area contributed by atoms with Crippen molar-refractivity contribution >= 4 is 23.2 Å². The minimum Gasteiger partial charge on any atom is -0.251 e. The first-order valence-electron chi connectivity index (χ1n) is 9.72. The van der Waals surface area contributed by atoms with E-state index in [-0.39, 0.29) is 6.67 Å². The highest BCUT2D eigenvalue weighted by Crippen LogP contribution is 2.56. The van der Waals surface area contributed by atoms with Crippen molar-refractivity contribution in [3.05, 3.63) is 89.5 Å². The standard InChI is InChI=1S/C25H29FP/c1-20-6-12-23(13-7-20)27(19-5-4-18-26,24-14-8-21(2)9-15-24)25-16-10-22(3)11-17-25/h6-17H,4-5,18-19H2,1-3H3/q+1/i26-1. The van der Waals surface area contributed by atoms with Crippen molar-refractivity contribution in [2.24, 2.45) is 0 Å². The third-order valence-corrected chi connectivity index (χ3v) is 9.83. The zero-order chi connectivity index (χ0) is 19.3. The van der Waals surface area contributed by atoms with Crippen molar-refractivity contribution in [3.63, 3.8) is 0 Å². The fourth-order valence-electron chi connectivity index (χ4n) is 3.68. The molecule has 0 aliphatic carbocycles. The molecule has 0 amide bonds. The van der Waals surface area contributed by atoms with E-state index in [2.05, 4.69) is 93.6 Å². The molecule has 0 saturated heterocycles. The molecule has 0 radical (unpaired) electrons. The van der Waals surface area contributed by atoms with E-state index in [0.29, 0.717) is 6.42 Å². The van der Waals surface area contributed by atoms with E-state index in [0.717, 1.165) is 12.6 Å². The lowest BCUT2D eigenvalue weighted by Gasteiger charge is -2.28. The average molecular weight is 378 g/mol. The van der Waals surface area contributed by atoms with Crippen molar-refractivity contribution in [3.8, 4) is 0 Å². The Labute approximate surface area is 163 Å². The van der Waals surface area contributed by atoms with Crippen LogP contribution in [0.1, 0.15) is 29.5 Å². The van der Waals surface area contributed by atoms with E-state index in [1.54, 1.807) is 0 Å². The molecule has 0 saturated carbocycles. The van der Waals surface area contributed by atoms with Crippen molar-refractivity contribution < 1.29 is 4.39 Å². The van der Waals surface area contributed by atoms with E-state index < -0.39 is 7.26 Å². The number of rotatable bonds is 7. The molecule has 140 valence electrons. The van der Waals surface area contributed by atoms with Gasteiger partial charge in [-0.2, -0.15) is 0 Å². The summed E-state index contributed by atoms with van der Waals surface area (Å²) in [5.74, 6) is 0. The molecule has 3 aromatic rings. The lowest BCUT2D eigenvalue weighted by atomic mass is 10.2. The summed E-state index contributed by atoms with van der Waals surface area (Å²) in [5.41, 5.74) is 3.82. The average Bonchev–Trinajstić information content (AvgIpc) is 2.68. The van der Waals surface area contributed by atoms with Crippen LogP contribution in [0.4, 0.5) is 4.39 Å². The van der Waals surface area contributed by atoms with Crippen molar-refractivity contribution in [2.75, 3.05) is 12.8 Å². The Hall–Kier alpha value is -1.98. The maximum atomic E-state index is 12.9. The van der Waals surface area contributed by atoms with Gasteiger partial charge in [-0.15, -0.1) is 0 Å². The number of unbranched alkanes of at least 4 members (excludes halogenated alkanes) is 1. The first-order chi connectivity index (χ1) is 13.1. The number of halogens is 1. The predicted molar refractivity (Wildman–Crippen MR) is 119 cm³/mol. The SMILES string of the molecule is Cc1ccc([P+](CCCC[18F])(c2ccc(C)cc2)c2ccc(C)cc2)cc1. The van der Waals surface area contributed by atoms with Crippen molar-refractivity contribution in [1.29, 1.82) is 0 Å². The molecule has 0 fully saturated rings. The Balaban J connectivity index is 2.23. The normalized spacial score (nSPS) is 11.6. The molecular weight excluding hydrogens is 349 g/mol. The van der Waals surface area contributed by atoms with Gasteiger partial charge in [0.05, 0.1) is 12.8 Å². The second kappa shape index (κ2) is 8.81. The molecule has 0 aliphatic rings. The summed E-state index contributed by atoms with van der Waals surface area (Å²) in [6.45, 7) is 6.15. The van der Waals surface area contributed by atoms with Crippen LogP contribution in [0.25, 0.3) is 0 Å². The molecule has 0 bridgehead atoms. The highest BCUT2D eigenvalue weighted by atomic mass is 31.2. The summed E-state index contributed by atoms with van der Waals surface area (Å²) in [6.07, 6.45) is 2.54. The Bertz CT molecular complexity index is 737. The molecule has 0 spiro atoms. The van der Waals surface area contributed by atoms with Gasteiger partial charge in [0.1, 0.15) is 23.2 Å². The summed E-state index contributed by atoms with van der Waals surface area (Å²) in [7, 11) is -1.81. The summed E-state index contributed by atoms with van der Waals surface area (Å²) >= 11 is 0. The summed E-state index contributed by atoms with van der Waals surface area (Å²) in [4.78, 5) is 0. The Kier molecular flexibility index (Phi) is 6.45. The van der Waals surface area contributed by atoms with Crippen LogP contribution in [-0.2, 0) is 0 Å². The minimum absolute atomic E-state index is 0.240. The quantitative estimate of drug-likeness (QED) is 0.368. The topological polar surface area (TPSA) is 0 Å². The molecule has 3 rings (SSSR count). The van der Waals surface area contributed by atoms with Crippen LogP contribution in [0, 0.1) is 20.8 Å². The number of benzene rings is 3. The first kappa shape index (κ1) is 19.8. The number of aryl methyl sites for hydroxylation is 3. The highest BCUT2D eigenvalue weighted by Gasteiger charge is 2.44. The fraction of sp³-hybridized carbons (Fsp3) is 0.280. The molecule has 0 aliphatic heterocycles. The monoisotopic (exact) mass is 378 g/mol. The molecule has 3 aromatic carbocycles. The van der Waals surface area contributed by atoms with Gasteiger partial charge in [0.15, 0.2) is 0 Å². The molecule has 0 N–H and O–H groups in total. The van der Waals surface area contributed by atoms with E-state index in [4.69, 9.17) is 0 Å². The van der Waals surface area contributed by atoms with Crippen molar-refractivity contribution in [1.82, 2.24) is 0 Å². The maximum absolute atomic E-state index is 12.9. The largest absolute Gasteiger partial charge is 0.251 e. The third-order valence-electron chi connectivity index (χ3n) is 5.30. The van der Waals surface area contributed by atoms with Gasteiger partial charge in [0.2, 0.25) is 0 Å². The molecule has 0 unspecified atom stereocenters. The fourth-order valence-corrected chi connectivity index (χ4v) is 8.02. The lowest BCUT2D eigenvalue weighted by Crippen LogP contribution is -2.33. The molecule has 0 nitrogen and oxygen atoms in total. The van der Waals surface area contributed by atoms with Crippen LogP contribution < -0.4 is 15.9 Å². The number of hydrogen-bond donors (Lipinski definition) is 0. The van der Waals surface area contributed by atoms with Gasteiger partial charge in [-0.25, -0.2) is 0 Å². The van der Waals surface area contributed by atoms with Gasteiger partial charge in [-0.3, -0.25) is 4.39 Å². The Morgan fingerprint density at radius 1 is 0.556 bits per heavy atom. The highest BCUT2D eigenvalue weighted by molar-refractivity contribution is 7.95. The summed E-state index contributed by atoms with van der Waals surface area (Å²) in [6, 6.07) is 27.0. The first-order valence-corrected chi connectivity index (χ1v) is 11.7. The predicted octanol–water partition coefficient (Wildman–Crippen LogP) is 5.66. The lowest BCUT2D eigenvalue weighted by molar-refractivity contribution is 0.470. The van der Waals surface area contributed by atoms with Crippen LogP contribution >= 0.6 is 7.26 Å².